The average molecular weight is 233 g/mol. The van der Waals surface area contributed by atoms with Crippen molar-refractivity contribution in [2.24, 2.45) is 5.41 Å². The molecule has 2 heterocycles. The maximum absolute atomic E-state index is 10.5. The van der Waals surface area contributed by atoms with Crippen LogP contribution in [0.15, 0.2) is 12.4 Å². The number of nitrogens with zero attached hydrogens (tertiary/aromatic N) is 3. The molecule has 0 unspecified atom stereocenters. The normalized spacial score (nSPS) is 19.1. The molecule has 0 amide bonds. The third kappa shape index (κ3) is 2.62. The third-order valence-corrected chi connectivity index (χ3v) is 3.90. The van der Waals surface area contributed by atoms with E-state index in [1.165, 1.54) is 19.3 Å². The fourth-order valence-electron chi connectivity index (χ4n) is 2.16. The number of aromatic nitrogens is 2. The van der Waals surface area contributed by atoms with Crippen molar-refractivity contribution in [3.63, 3.8) is 0 Å². The molecule has 0 spiro atoms. The quantitative estimate of drug-likeness (QED) is 0.752. The largest absolute Gasteiger partial charge is 0.341 e. The van der Waals surface area contributed by atoms with E-state index in [4.69, 9.17) is 0 Å². The van der Waals surface area contributed by atoms with Crippen LogP contribution in [-0.2, 0) is 0 Å². The lowest BCUT2D eigenvalue weighted by Crippen LogP contribution is -2.39. The second-order valence-corrected chi connectivity index (χ2v) is 5.09. The summed E-state index contributed by atoms with van der Waals surface area (Å²) < 4.78 is 0. The number of carbonyl (C=O) groups excluding carboxylic acids is 1. The van der Waals surface area contributed by atoms with Crippen LogP contribution in [0.5, 0.6) is 0 Å². The third-order valence-electron chi connectivity index (χ3n) is 3.90. The van der Waals surface area contributed by atoms with Crippen molar-refractivity contribution in [1.29, 1.82) is 0 Å². The smallest absolute Gasteiger partial charge is 0.225 e. The SMILES string of the molecule is CCC1(C)CCN(c2ncc(C=O)cn2)CC1. The summed E-state index contributed by atoms with van der Waals surface area (Å²) in [7, 11) is 0. The Morgan fingerprint density at radius 2 is 1.94 bits per heavy atom. The zero-order chi connectivity index (χ0) is 12.3. The van der Waals surface area contributed by atoms with Crippen LogP contribution in [0, 0.1) is 5.41 Å². The van der Waals surface area contributed by atoms with Crippen LogP contribution < -0.4 is 4.90 Å². The van der Waals surface area contributed by atoms with Gasteiger partial charge in [0.1, 0.15) is 0 Å². The Labute approximate surface area is 102 Å². The summed E-state index contributed by atoms with van der Waals surface area (Å²) in [4.78, 5) is 21.2. The Morgan fingerprint density at radius 3 is 2.41 bits per heavy atom. The van der Waals surface area contributed by atoms with Gasteiger partial charge in [-0.15, -0.1) is 0 Å². The topological polar surface area (TPSA) is 46.1 Å². The van der Waals surface area contributed by atoms with Gasteiger partial charge < -0.3 is 4.90 Å². The van der Waals surface area contributed by atoms with Gasteiger partial charge in [0.15, 0.2) is 6.29 Å². The summed E-state index contributed by atoms with van der Waals surface area (Å²) in [6.45, 7) is 6.61. The van der Waals surface area contributed by atoms with E-state index in [2.05, 4.69) is 28.7 Å². The van der Waals surface area contributed by atoms with Crippen molar-refractivity contribution in [3.05, 3.63) is 18.0 Å². The van der Waals surface area contributed by atoms with Gasteiger partial charge in [-0.1, -0.05) is 20.3 Å². The van der Waals surface area contributed by atoms with Crippen molar-refractivity contribution < 1.29 is 4.79 Å². The summed E-state index contributed by atoms with van der Waals surface area (Å²) >= 11 is 0. The fraction of sp³-hybridized carbons (Fsp3) is 0.615. The molecule has 2 rings (SSSR count). The zero-order valence-electron chi connectivity index (χ0n) is 10.5. The molecule has 1 aromatic rings. The van der Waals surface area contributed by atoms with Crippen LogP contribution in [0.4, 0.5) is 5.95 Å². The molecule has 0 saturated carbocycles. The van der Waals surface area contributed by atoms with E-state index in [1.807, 2.05) is 0 Å². The van der Waals surface area contributed by atoms with Gasteiger partial charge in [-0.25, -0.2) is 9.97 Å². The Hall–Kier alpha value is -1.45. The standard InChI is InChI=1S/C13H19N3O/c1-3-13(2)4-6-16(7-5-13)12-14-8-11(10-17)9-15-12/h8-10H,3-7H2,1-2H3. The lowest BCUT2D eigenvalue weighted by atomic mass is 9.78. The number of hydrogen-bond acceptors (Lipinski definition) is 4. The number of carbonyl (C=O) groups is 1. The first-order chi connectivity index (χ1) is 8.17. The average Bonchev–Trinajstić information content (AvgIpc) is 2.40. The lowest BCUT2D eigenvalue weighted by Gasteiger charge is -2.38. The van der Waals surface area contributed by atoms with E-state index in [-0.39, 0.29) is 0 Å². The second kappa shape index (κ2) is 4.82. The molecule has 1 aromatic heterocycles. The highest BCUT2D eigenvalue weighted by Gasteiger charge is 2.29. The molecule has 4 nitrogen and oxygen atoms in total. The number of rotatable bonds is 3. The van der Waals surface area contributed by atoms with Crippen LogP contribution in [0.1, 0.15) is 43.5 Å². The molecule has 1 saturated heterocycles. The minimum atomic E-state index is 0.471. The first-order valence-corrected chi connectivity index (χ1v) is 6.19. The van der Waals surface area contributed by atoms with E-state index in [0.717, 1.165) is 25.3 Å². The summed E-state index contributed by atoms with van der Waals surface area (Å²) in [5.41, 5.74) is 1.00. The van der Waals surface area contributed by atoms with Crippen molar-refractivity contribution in [1.82, 2.24) is 9.97 Å². The van der Waals surface area contributed by atoms with Gasteiger partial charge in [-0.3, -0.25) is 4.79 Å². The summed E-state index contributed by atoms with van der Waals surface area (Å²) in [5.74, 6) is 0.744. The molecule has 4 heteroatoms. The van der Waals surface area contributed by atoms with Gasteiger partial charge in [0.2, 0.25) is 5.95 Å². The van der Waals surface area contributed by atoms with Gasteiger partial charge >= 0.3 is 0 Å². The number of hydrogen-bond donors (Lipinski definition) is 0. The molecular weight excluding hydrogens is 214 g/mol. The van der Waals surface area contributed by atoms with Crippen LogP contribution in [-0.4, -0.2) is 29.3 Å². The van der Waals surface area contributed by atoms with Crippen LogP contribution in [0.25, 0.3) is 0 Å². The minimum absolute atomic E-state index is 0.471. The molecule has 0 aliphatic carbocycles. The first kappa shape index (κ1) is 12.0. The van der Waals surface area contributed by atoms with Gasteiger partial charge in [-0.05, 0) is 18.3 Å². The highest BCUT2D eigenvalue weighted by Crippen LogP contribution is 2.34. The van der Waals surface area contributed by atoms with E-state index >= 15 is 0 Å². The molecule has 92 valence electrons. The first-order valence-electron chi connectivity index (χ1n) is 6.19. The minimum Gasteiger partial charge on any atom is -0.341 e. The van der Waals surface area contributed by atoms with Gasteiger partial charge in [0.05, 0.1) is 5.56 Å². The van der Waals surface area contributed by atoms with Crippen LogP contribution >= 0.6 is 0 Å². The Morgan fingerprint density at radius 1 is 1.35 bits per heavy atom. The second-order valence-electron chi connectivity index (χ2n) is 5.09. The van der Waals surface area contributed by atoms with E-state index < -0.39 is 0 Å². The van der Waals surface area contributed by atoms with Gasteiger partial charge in [0, 0.05) is 25.5 Å². The van der Waals surface area contributed by atoms with Crippen molar-refractivity contribution in [3.8, 4) is 0 Å². The monoisotopic (exact) mass is 233 g/mol. The van der Waals surface area contributed by atoms with E-state index in [0.29, 0.717) is 11.0 Å². The highest BCUT2D eigenvalue weighted by molar-refractivity contribution is 5.73. The van der Waals surface area contributed by atoms with E-state index in [9.17, 15) is 4.79 Å². The molecular formula is C13H19N3O. The Bertz CT molecular complexity index is 380. The van der Waals surface area contributed by atoms with Gasteiger partial charge in [-0.2, -0.15) is 0 Å². The maximum atomic E-state index is 10.5. The van der Waals surface area contributed by atoms with E-state index in [1.54, 1.807) is 12.4 Å². The highest BCUT2D eigenvalue weighted by atomic mass is 16.1. The molecule has 0 atom stereocenters. The van der Waals surface area contributed by atoms with Crippen molar-refractivity contribution in [2.75, 3.05) is 18.0 Å². The van der Waals surface area contributed by atoms with Crippen molar-refractivity contribution in [2.45, 2.75) is 33.1 Å². The summed E-state index contributed by atoms with van der Waals surface area (Å²) in [6.07, 6.45) is 7.54. The van der Waals surface area contributed by atoms with Crippen molar-refractivity contribution >= 4 is 12.2 Å². The molecule has 1 aliphatic heterocycles. The molecule has 0 aromatic carbocycles. The molecule has 1 aliphatic rings. The predicted molar refractivity (Wildman–Crippen MR) is 67.3 cm³/mol. The lowest BCUT2D eigenvalue weighted by molar-refractivity contribution is 0.112. The molecule has 0 bridgehead atoms. The number of piperidine rings is 1. The zero-order valence-corrected chi connectivity index (χ0v) is 10.5. The fourth-order valence-corrected chi connectivity index (χ4v) is 2.16. The molecule has 0 N–H and O–H groups in total. The molecule has 0 radical (unpaired) electrons. The molecule has 1 fully saturated rings. The number of anilines is 1. The summed E-state index contributed by atoms with van der Waals surface area (Å²) in [5, 5.41) is 0. The number of aldehydes is 1. The predicted octanol–water partition coefficient (Wildman–Crippen LogP) is 2.31. The molecule has 17 heavy (non-hydrogen) atoms. The Balaban J connectivity index is 2.02. The Kier molecular flexibility index (Phi) is 3.41. The van der Waals surface area contributed by atoms with Gasteiger partial charge in [0.25, 0.3) is 0 Å². The van der Waals surface area contributed by atoms with Crippen LogP contribution in [0.3, 0.4) is 0 Å². The van der Waals surface area contributed by atoms with Crippen LogP contribution in [0.2, 0.25) is 0 Å². The maximum Gasteiger partial charge on any atom is 0.225 e. The summed E-state index contributed by atoms with van der Waals surface area (Å²) in [6, 6.07) is 0.